The number of aromatic nitrogens is 2. The number of pyridine rings is 1. The summed E-state index contributed by atoms with van der Waals surface area (Å²) in [6.07, 6.45) is 1.76. The number of carbonyl (C=O) groups is 1. The minimum absolute atomic E-state index is 0.00948. The fourth-order valence-electron chi connectivity index (χ4n) is 3.03. The molecule has 3 rings (SSSR count). The van der Waals surface area contributed by atoms with E-state index in [1.54, 1.807) is 30.5 Å². The number of anilines is 1. The molecule has 0 bridgehead atoms. The molecule has 0 amide bonds. The Labute approximate surface area is 180 Å². The van der Waals surface area contributed by atoms with E-state index in [4.69, 9.17) is 23.8 Å². The molecule has 0 aliphatic rings. The zero-order chi connectivity index (χ0) is 21.0. The number of benzene rings is 1. The Kier molecular flexibility index (Phi) is 6.67. The van der Waals surface area contributed by atoms with E-state index in [0.29, 0.717) is 21.4 Å². The molecular weight excluding hydrogens is 404 g/mol. The Balaban J connectivity index is 1.77. The Morgan fingerprint density at radius 1 is 1.24 bits per heavy atom. The van der Waals surface area contributed by atoms with Crippen molar-refractivity contribution >= 4 is 40.4 Å². The number of rotatable bonds is 6. The second-order valence-electron chi connectivity index (χ2n) is 6.80. The van der Waals surface area contributed by atoms with E-state index in [0.717, 1.165) is 29.2 Å². The van der Waals surface area contributed by atoms with Gasteiger partial charge in [0, 0.05) is 34.4 Å². The summed E-state index contributed by atoms with van der Waals surface area (Å²) in [7, 11) is 0. The monoisotopic (exact) mass is 426 g/mol. The molecule has 5 nitrogen and oxygen atoms in total. The van der Waals surface area contributed by atoms with Crippen molar-refractivity contribution in [2.75, 3.05) is 11.9 Å². The minimum Gasteiger partial charge on any atom is -0.363 e. The van der Waals surface area contributed by atoms with Crippen LogP contribution in [0.25, 0.3) is 0 Å². The first-order valence-corrected chi connectivity index (χ1v) is 10.2. The highest BCUT2D eigenvalue weighted by molar-refractivity contribution is 7.80. The van der Waals surface area contributed by atoms with Crippen molar-refractivity contribution in [1.82, 2.24) is 15.3 Å². The third-order valence-corrected chi connectivity index (χ3v) is 5.16. The quantitative estimate of drug-likeness (QED) is 0.379. The highest BCUT2D eigenvalue weighted by Gasteiger charge is 2.19. The Morgan fingerprint density at radius 3 is 2.59 bits per heavy atom. The SMILES string of the molecule is CCNC(=S)Nc1ccc(C(C)c2cc(C)c(C(=O)c3ccc(Cl)cc3)[nH]2)nc1. The van der Waals surface area contributed by atoms with Gasteiger partial charge in [0.1, 0.15) is 0 Å². The Morgan fingerprint density at radius 2 is 1.97 bits per heavy atom. The topological polar surface area (TPSA) is 69.8 Å². The van der Waals surface area contributed by atoms with Crippen LogP contribution in [0.15, 0.2) is 48.7 Å². The number of hydrogen-bond acceptors (Lipinski definition) is 3. The predicted molar refractivity (Wildman–Crippen MR) is 122 cm³/mol. The second kappa shape index (κ2) is 9.20. The van der Waals surface area contributed by atoms with Crippen molar-refractivity contribution < 1.29 is 4.79 Å². The van der Waals surface area contributed by atoms with Crippen molar-refractivity contribution in [2.24, 2.45) is 0 Å². The second-order valence-corrected chi connectivity index (χ2v) is 7.64. The van der Waals surface area contributed by atoms with Gasteiger partial charge in [0.2, 0.25) is 5.78 Å². The molecule has 0 fully saturated rings. The van der Waals surface area contributed by atoms with Crippen LogP contribution in [0, 0.1) is 6.92 Å². The molecule has 0 radical (unpaired) electrons. The molecule has 1 atom stereocenters. The molecule has 0 spiro atoms. The number of aryl methyl sites for hydroxylation is 1. The molecule has 0 aliphatic heterocycles. The summed E-state index contributed by atoms with van der Waals surface area (Å²) in [5.74, 6) is -0.0442. The number of H-pyrrole nitrogens is 1. The molecule has 0 aliphatic carbocycles. The Hall–Kier alpha value is -2.70. The number of nitrogens with zero attached hydrogens (tertiary/aromatic N) is 1. The van der Waals surface area contributed by atoms with Crippen LogP contribution in [0.4, 0.5) is 5.69 Å². The molecular formula is C22H23ClN4OS. The third-order valence-electron chi connectivity index (χ3n) is 4.66. The van der Waals surface area contributed by atoms with Crippen LogP contribution in [-0.4, -0.2) is 27.4 Å². The van der Waals surface area contributed by atoms with Gasteiger partial charge in [-0.15, -0.1) is 0 Å². The first-order chi connectivity index (χ1) is 13.9. The lowest BCUT2D eigenvalue weighted by molar-refractivity contribution is 0.103. The van der Waals surface area contributed by atoms with Gasteiger partial charge in [-0.2, -0.15) is 0 Å². The lowest BCUT2D eigenvalue weighted by atomic mass is 10.0. The normalized spacial score (nSPS) is 11.7. The van der Waals surface area contributed by atoms with E-state index in [9.17, 15) is 4.79 Å². The van der Waals surface area contributed by atoms with Gasteiger partial charge in [0.25, 0.3) is 0 Å². The first-order valence-electron chi connectivity index (χ1n) is 9.39. The molecule has 1 aromatic carbocycles. The number of carbonyl (C=O) groups excluding carboxylic acids is 1. The van der Waals surface area contributed by atoms with Crippen LogP contribution in [0.1, 0.15) is 52.8 Å². The molecule has 2 aromatic heterocycles. The van der Waals surface area contributed by atoms with Crippen LogP contribution in [0.3, 0.4) is 0 Å². The lowest BCUT2D eigenvalue weighted by Gasteiger charge is -2.12. The summed E-state index contributed by atoms with van der Waals surface area (Å²) < 4.78 is 0. The van der Waals surface area contributed by atoms with E-state index >= 15 is 0 Å². The van der Waals surface area contributed by atoms with Gasteiger partial charge in [-0.3, -0.25) is 9.78 Å². The lowest BCUT2D eigenvalue weighted by Crippen LogP contribution is -2.27. The minimum atomic E-state index is -0.0536. The molecule has 150 valence electrons. The van der Waals surface area contributed by atoms with Gasteiger partial charge in [-0.25, -0.2) is 0 Å². The van der Waals surface area contributed by atoms with E-state index in [1.165, 1.54) is 0 Å². The molecule has 3 N–H and O–H groups in total. The summed E-state index contributed by atoms with van der Waals surface area (Å²) in [4.78, 5) is 20.7. The van der Waals surface area contributed by atoms with Crippen LogP contribution < -0.4 is 10.6 Å². The van der Waals surface area contributed by atoms with E-state index in [-0.39, 0.29) is 11.7 Å². The van der Waals surface area contributed by atoms with E-state index in [1.807, 2.05) is 32.0 Å². The fraction of sp³-hybridized carbons (Fsp3) is 0.227. The molecule has 2 heterocycles. The van der Waals surface area contributed by atoms with Crippen molar-refractivity contribution in [2.45, 2.75) is 26.7 Å². The molecule has 1 unspecified atom stereocenters. The largest absolute Gasteiger partial charge is 0.363 e. The first kappa shape index (κ1) is 21.0. The molecule has 0 saturated carbocycles. The van der Waals surface area contributed by atoms with Gasteiger partial charge in [-0.1, -0.05) is 18.5 Å². The maximum Gasteiger partial charge on any atom is 0.209 e. The van der Waals surface area contributed by atoms with Crippen molar-refractivity contribution in [1.29, 1.82) is 0 Å². The van der Waals surface area contributed by atoms with Crippen molar-refractivity contribution in [3.63, 3.8) is 0 Å². The molecule has 7 heteroatoms. The van der Waals surface area contributed by atoms with Crippen LogP contribution in [-0.2, 0) is 0 Å². The number of aromatic amines is 1. The van der Waals surface area contributed by atoms with Gasteiger partial charge >= 0.3 is 0 Å². The third kappa shape index (κ3) is 5.02. The number of halogens is 1. The molecule has 29 heavy (non-hydrogen) atoms. The number of nitrogens with one attached hydrogen (secondary N) is 3. The van der Waals surface area contributed by atoms with Crippen molar-refractivity contribution in [3.05, 3.63) is 81.9 Å². The summed E-state index contributed by atoms with van der Waals surface area (Å²) in [5, 5.41) is 7.31. The smallest absolute Gasteiger partial charge is 0.209 e. The average molecular weight is 427 g/mol. The summed E-state index contributed by atoms with van der Waals surface area (Å²) >= 11 is 11.1. The van der Waals surface area contributed by atoms with Crippen LogP contribution in [0.2, 0.25) is 5.02 Å². The summed E-state index contributed by atoms with van der Waals surface area (Å²) in [6, 6.07) is 12.8. The highest BCUT2D eigenvalue weighted by atomic mass is 35.5. The average Bonchev–Trinajstić information content (AvgIpc) is 3.10. The highest BCUT2D eigenvalue weighted by Crippen LogP contribution is 2.26. The van der Waals surface area contributed by atoms with Gasteiger partial charge in [-0.05, 0) is 74.1 Å². The van der Waals surface area contributed by atoms with Gasteiger partial charge < -0.3 is 15.6 Å². The summed E-state index contributed by atoms with van der Waals surface area (Å²) in [6.45, 7) is 6.73. The van der Waals surface area contributed by atoms with Gasteiger partial charge in [0.15, 0.2) is 5.11 Å². The summed E-state index contributed by atoms with van der Waals surface area (Å²) in [5.41, 5.74) is 4.76. The zero-order valence-corrected chi connectivity index (χ0v) is 18.1. The predicted octanol–water partition coefficient (Wildman–Crippen LogP) is 5.06. The van der Waals surface area contributed by atoms with Crippen LogP contribution >= 0.6 is 23.8 Å². The number of thiocarbonyl (C=S) groups is 1. The molecule has 0 saturated heterocycles. The number of hydrogen-bond donors (Lipinski definition) is 3. The van der Waals surface area contributed by atoms with Gasteiger partial charge in [0.05, 0.1) is 17.6 Å². The van der Waals surface area contributed by atoms with Crippen LogP contribution in [0.5, 0.6) is 0 Å². The van der Waals surface area contributed by atoms with E-state index in [2.05, 4.69) is 27.5 Å². The maximum atomic E-state index is 12.8. The fourth-order valence-corrected chi connectivity index (χ4v) is 3.42. The maximum absolute atomic E-state index is 12.8. The standard InChI is InChI=1S/C22H23ClN4OS/c1-4-24-22(29)26-17-9-10-18(25-12-17)14(3)19-11-13(2)20(27-19)21(28)15-5-7-16(23)8-6-15/h5-12,14,27H,4H2,1-3H3,(H2,24,26,29). The zero-order valence-electron chi connectivity index (χ0n) is 16.5. The number of ketones is 1. The molecule has 3 aromatic rings. The van der Waals surface area contributed by atoms with E-state index < -0.39 is 0 Å². The van der Waals surface area contributed by atoms with Crippen molar-refractivity contribution in [3.8, 4) is 0 Å². The Bertz CT molecular complexity index is 1010.